The van der Waals surface area contributed by atoms with E-state index in [0.717, 1.165) is 15.4 Å². The smallest absolute Gasteiger partial charge is 0.134 e. The fourth-order valence-corrected chi connectivity index (χ4v) is 2.89. The van der Waals surface area contributed by atoms with Gasteiger partial charge in [-0.25, -0.2) is 4.39 Å². The van der Waals surface area contributed by atoms with E-state index < -0.39 is 0 Å². The highest BCUT2D eigenvalue weighted by atomic mass is 79.9. The maximum absolute atomic E-state index is 14.1. The molecule has 0 fully saturated rings. The Bertz CT molecular complexity index is 797. The van der Waals surface area contributed by atoms with E-state index in [-0.39, 0.29) is 11.9 Å². The minimum atomic E-state index is -0.324. The molecule has 0 saturated heterocycles. The zero-order valence-corrected chi connectivity index (χ0v) is 13.4. The van der Waals surface area contributed by atoms with E-state index in [2.05, 4.69) is 27.3 Å². The highest BCUT2D eigenvalue weighted by Crippen LogP contribution is 2.31. The molecule has 108 valence electrons. The van der Waals surface area contributed by atoms with Gasteiger partial charge in [0, 0.05) is 15.4 Å². The summed E-state index contributed by atoms with van der Waals surface area (Å²) in [6.07, 6.45) is 0. The van der Waals surface area contributed by atoms with Crippen LogP contribution in [0.15, 0.2) is 51.4 Å². The first-order chi connectivity index (χ1) is 10.1. The van der Waals surface area contributed by atoms with E-state index >= 15 is 0 Å². The minimum absolute atomic E-state index is 0.255. The highest BCUT2D eigenvalue weighted by molar-refractivity contribution is 9.10. The van der Waals surface area contributed by atoms with E-state index in [1.54, 1.807) is 19.2 Å². The van der Waals surface area contributed by atoms with E-state index in [1.165, 1.54) is 11.6 Å². The maximum Gasteiger partial charge on any atom is 0.134 e. The van der Waals surface area contributed by atoms with Crippen molar-refractivity contribution in [1.82, 2.24) is 5.32 Å². The van der Waals surface area contributed by atoms with Gasteiger partial charge in [0.15, 0.2) is 0 Å². The Balaban J connectivity index is 2.11. The van der Waals surface area contributed by atoms with Crippen LogP contribution < -0.4 is 5.32 Å². The summed E-state index contributed by atoms with van der Waals surface area (Å²) < 4.78 is 20.8. The van der Waals surface area contributed by atoms with Crippen molar-refractivity contribution in [3.63, 3.8) is 0 Å². The third kappa shape index (κ3) is 2.74. The van der Waals surface area contributed by atoms with E-state index in [0.29, 0.717) is 11.3 Å². The molecule has 0 amide bonds. The molecule has 2 aromatic carbocycles. The van der Waals surface area contributed by atoms with Crippen LogP contribution in [0.2, 0.25) is 0 Å². The number of hydrogen-bond donors (Lipinski definition) is 1. The lowest BCUT2D eigenvalue weighted by Crippen LogP contribution is -2.18. The lowest BCUT2D eigenvalue weighted by Gasteiger charge is -2.15. The van der Waals surface area contributed by atoms with Crippen LogP contribution in [0.4, 0.5) is 4.39 Å². The normalized spacial score (nSPS) is 12.8. The van der Waals surface area contributed by atoms with Crippen LogP contribution >= 0.6 is 15.9 Å². The van der Waals surface area contributed by atoms with Crippen LogP contribution in [0.1, 0.15) is 22.9 Å². The predicted octanol–water partition coefficient (Wildman–Crippen LogP) is 4.95. The second-order valence-electron chi connectivity index (χ2n) is 5.08. The SMILES string of the molecule is CNC(c1cc2cc(C)ccc2o1)c1cc(Br)ccc1F. The Morgan fingerprint density at radius 3 is 2.71 bits per heavy atom. The molecule has 4 heteroatoms. The molecule has 1 aromatic heterocycles. The molecule has 0 bridgehead atoms. The van der Waals surface area contributed by atoms with Crippen LogP contribution in [0.3, 0.4) is 0 Å². The van der Waals surface area contributed by atoms with E-state index in [9.17, 15) is 4.39 Å². The molecule has 3 aromatic rings. The van der Waals surface area contributed by atoms with Crippen molar-refractivity contribution in [2.45, 2.75) is 13.0 Å². The molecule has 0 spiro atoms. The third-order valence-electron chi connectivity index (χ3n) is 3.53. The number of halogens is 2. The average molecular weight is 348 g/mol. The van der Waals surface area contributed by atoms with Gasteiger partial charge in [-0.05, 0) is 50.4 Å². The quantitative estimate of drug-likeness (QED) is 0.724. The lowest BCUT2D eigenvalue weighted by atomic mass is 10.0. The fraction of sp³-hybridized carbons (Fsp3) is 0.176. The number of aryl methyl sites for hydroxylation is 1. The molecule has 21 heavy (non-hydrogen) atoms. The predicted molar refractivity (Wildman–Crippen MR) is 86.0 cm³/mol. The molecule has 1 atom stereocenters. The molecule has 1 N–H and O–H groups in total. The Hall–Kier alpha value is -1.65. The highest BCUT2D eigenvalue weighted by Gasteiger charge is 2.20. The van der Waals surface area contributed by atoms with Crippen molar-refractivity contribution in [3.05, 3.63) is 69.6 Å². The second-order valence-corrected chi connectivity index (χ2v) is 5.99. The van der Waals surface area contributed by atoms with Crippen molar-refractivity contribution in [2.24, 2.45) is 0 Å². The Morgan fingerprint density at radius 1 is 1.14 bits per heavy atom. The van der Waals surface area contributed by atoms with Crippen LogP contribution in [-0.4, -0.2) is 7.05 Å². The summed E-state index contributed by atoms with van der Waals surface area (Å²) in [6, 6.07) is 12.6. The summed E-state index contributed by atoms with van der Waals surface area (Å²) >= 11 is 3.39. The van der Waals surface area contributed by atoms with E-state index in [1.807, 2.05) is 25.1 Å². The van der Waals surface area contributed by atoms with Gasteiger partial charge in [0.2, 0.25) is 0 Å². The van der Waals surface area contributed by atoms with Gasteiger partial charge in [-0.15, -0.1) is 0 Å². The van der Waals surface area contributed by atoms with Crippen molar-refractivity contribution < 1.29 is 8.81 Å². The summed E-state index contributed by atoms with van der Waals surface area (Å²) in [5, 5.41) is 4.15. The third-order valence-corrected chi connectivity index (χ3v) is 4.03. The van der Waals surface area contributed by atoms with Crippen LogP contribution in [0, 0.1) is 12.7 Å². The lowest BCUT2D eigenvalue weighted by molar-refractivity contribution is 0.476. The number of fused-ring (bicyclic) bond motifs is 1. The largest absolute Gasteiger partial charge is 0.459 e. The van der Waals surface area contributed by atoms with Gasteiger partial charge in [-0.2, -0.15) is 0 Å². The molecule has 3 rings (SSSR count). The van der Waals surface area contributed by atoms with Gasteiger partial charge >= 0.3 is 0 Å². The fourth-order valence-electron chi connectivity index (χ4n) is 2.51. The first-order valence-electron chi connectivity index (χ1n) is 6.71. The van der Waals surface area contributed by atoms with Crippen LogP contribution in [0.5, 0.6) is 0 Å². The molecule has 2 nitrogen and oxygen atoms in total. The van der Waals surface area contributed by atoms with Crippen molar-refractivity contribution >= 4 is 26.9 Å². The van der Waals surface area contributed by atoms with Gasteiger partial charge in [0.05, 0.1) is 6.04 Å². The number of rotatable bonds is 3. The molecule has 0 aliphatic carbocycles. The molecule has 0 radical (unpaired) electrons. The second kappa shape index (κ2) is 5.62. The van der Waals surface area contributed by atoms with Crippen LogP contribution in [0.25, 0.3) is 11.0 Å². The molecule has 1 unspecified atom stereocenters. The Labute approximate surface area is 131 Å². The monoisotopic (exact) mass is 347 g/mol. The zero-order chi connectivity index (χ0) is 15.0. The summed E-state index contributed by atoms with van der Waals surface area (Å²) in [6.45, 7) is 2.04. The maximum atomic E-state index is 14.1. The van der Waals surface area contributed by atoms with E-state index in [4.69, 9.17) is 4.42 Å². The molecule has 1 heterocycles. The zero-order valence-electron chi connectivity index (χ0n) is 11.8. The van der Waals surface area contributed by atoms with Crippen molar-refractivity contribution in [2.75, 3.05) is 7.05 Å². The number of nitrogens with one attached hydrogen (secondary N) is 1. The van der Waals surface area contributed by atoms with Crippen molar-refractivity contribution in [1.29, 1.82) is 0 Å². The average Bonchev–Trinajstić information content (AvgIpc) is 2.86. The summed E-state index contributed by atoms with van der Waals surface area (Å²) in [4.78, 5) is 0. The molecule has 0 aliphatic rings. The molecule has 0 saturated carbocycles. The topological polar surface area (TPSA) is 25.2 Å². The van der Waals surface area contributed by atoms with Gasteiger partial charge in [0.1, 0.15) is 17.2 Å². The Morgan fingerprint density at radius 2 is 1.95 bits per heavy atom. The van der Waals surface area contributed by atoms with Gasteiger partial charge < -0.3 is 9.73 Å². The first-order valence-corrected chi connectivity index (χ1v) is 7.50. The van der Waals surface area contributed by atoms with Gasteiger partial charge in [0.25, 0.3) is 0 Å². The summed E-state index contributed by atoms with van der Waals surface area (Å²) in [7, 11) is 1.80. The summed E-state index contributed by atoms with van der Waals surface area (Å²) in [5.74, 6) is 0.448. The van der Waals surface area contributed by atoms with Crippen LogP contribution in [-0.2, 0) is 0 Å². The number of benzene rings is 2. The Kier molecular flexibility index (Phi) is 3.83. The standard InChI is InChI=1S/C17H15BrFNO/c1-10-3-6-15-11(7-10)8-16(21-15)17(20-2)13-9-12(18)4-5-14(13)19/h3-9,17,20H,1-2H3. The molecular formula is C17H15BrFNO. The molecular weight excluding hydrogens is 333 g/mol. The summed E-state index contributed by atoms with van der Waals surface area (Å²) in [5.41, 5.74) is 2.54. The first kappa shape index (κ1) is 14.3. The van der Waals surface area contributed by atoms with Gasteiger partial charge in [-0.1, -0.05) is 27.6 Å². The number of furan rings is 1. The van der Waals surface area contributed by atoms with Gasteiger partial charge in [-0.3, -0.25) is 0 Å². The molecule has 0 aliphatic heterocycles. The number of hydrogen-bond acceptors (Lipinski definition) is 2. The minimum Gasteiger partial charge on any atom is -0.459 e. The van der Waals surface area contributed by atoms with Crippen molar-refractivity contribution in [3.8, 4) is 0 Å².